The number of aliphatic hydroxyl groups excluding tert-OH is 1. The van der Waals surface area contributed by atoms with Crippen LogP contribution in [0.3, 0.4) is 0 Å². The van der Waals surface area contributed by atoms with Crippen LogP contribution >= 0.6 is 0 Å². The molecule has 0 radical (unpaired) electrons. The van der Waals surface area contributed by atoms with E-state index in [4.69, 9.17) is 9.84 Å². The lowest BCUT2D eigenvalue weighted by Crippen LogP contribution is -2.35. The first-order chi connectivity index (χ1) is 8.41. The number of nitrogens with zero attached hydrogens (tertiary/aromatic N) is 1. The molecule has 0 bridgehead atoms. The quantitative estimate of drug-likeness (QED) is 0.834. The summed E-state index contributed by atoms with van der Waals surface area (Å²) in [7, 11) is -0.367. The zero-order valence-corrected chi connectivity index (χ0v) is 11.6. The minimum absolute atomic E-state index is 0.274. The molecule has 1 rings (SSSR count). The van der Waals surface area contributed by atoms with Crippen LogP contribution in [0.25, 0.3) is 0 Å². The third-order valence-electron chi connectivity index (χ3n) is 2.76. The molecule has 0 spiro atoms. The Kier molecular flexibility index (Phi) is 5.13. The maximum atomic E-state index is 11.9. The summed E-state index contributed by atoms with van der Waals surface area (Å²) in [5.41, 5.74) is 0.868. The third kappa shape index (κ3) is 3.44. The Hall–Kier alpha value is -1.11. The molecule has 18 heavy (non-hydrogen) atoms. The van der Waals surface area contributed by atoms with Gasteiger partial charge >= 0.3 is 0 Å². The first kappa shape index (κ1) is 14.9. The van der Waals surface area contributed by atoms with Gasteiger partial charge in [-0.05, 0) is 24.6 Å². The maximum absolute atomic E-state index is 11.9. The largest absolute Gasteiger partial charge is 0.497 e. The highest BCUT2D eigenvalue weighted by atomic mass is 32.2. The molecule has 1 atom stereocenters. The van der Waals surface area contributed by atoms with Crippen molar-refractivity contribution in [1.82, 2.24) is 4.31 Å². The summed E-state index contributed by atoms with van der Waals surface area (Å²) in [6.45, 7) is 1.38. The van der Waals surface area contributed by atoms with Crippen LogP contribution in [-0.4, -0.2) is 43.8 Å². The lowest BCUT2D eigenvalue weighted by molar-refractivity contribution is 0.290. The summed E-state index contributed by atoms with van der Waals surface area (Å²) in [4.78, 5) is 0. The van der Waals surface area contributed by atoms with Crippen molar-refractivity contribution in [2.75, 3.05) is 20.8 Å². The molecule has 6 heteroatoms. The van der Waals surface area contributed by atoms with Gasteiger partial charge in [-0.15, -0.1) is 0 Å². The van der Waals surface area contributed by atoms with E-state index in [0.717, 1.165) is 11.3 Å². The second kappa shape index (κ2) is 6.17. The summed E-state index contributed by atoms with van der Waals surface area (Å²) in [6.07, 6.45) is 0. The summed E-state index contributed by atoms with van der Waals surface area (Å²) < 4.78 is 30.1. The average Bonchev–Trinajstić information content (AvgIpc) is 2.38. The lowest BCUT2D eigenvalue weighted by atomic mass is 10.2. The predicted octanol–water partition coefficient (Wildman–Crippen LogP) is 0.838. The van der Waals surface area contributed by atoms with Crippen LogP contribution in [0.15, 0.2) is 24.3 Å². The van der Waals surface area contributed by atoms with Crippen molar-refractivity contribution < 1.29 is 18.3 Å². The monoisotopic (exact) mass is 273 g/mol. The SMILES string of the molecule is COc1ccc(CN(C)S(=O)(=O)C(C)CO)cc1. The molecule has 0 saturated heterocycles. The minimum atomic E-state index is -3.45. The number of benzene rings is 1. The van der Waals surface area contributed by atoms with Gasteiger partial charge in [0.2, 0.25) is 10.0 Å². The number of rotatable bonds is 6. The maximum Gasteiger partial charge on any atom is 0.219 e. The highest BCUT2D eigenvalue weighted by molar-refractivity contribution is 7.89. The van der Waals surface area contributed by atoms with Crippen molar-refractivity contribution in [3.05, 3.63) is 29.8 Å². The van der Waals surface area contributed by atoms with Crippen LogP contribution in [0.1, 0.15) is 12.5 Å². The van der Waals surface area contributed by atoms with E-state index in [9.17, 15) is 8.42 Å². The van der Waals surface area contributed by atoms with Gasteiger partial charge in [0, 0.05) is 13.6 Å². The van der Waals surface area contributed by atoms with Gasteiger partial charge in [-0.1, -0.05) is 12.1 Å². The van der Waals surface area contributed by atoms with E-state index in [1.54, 1.807) is 19.2 Å². The molecular weight excluding hydrogens is 254 g/mol. The van der Waals surface area contributed by atoms with Gasteiger partial charge in [0.1, 0.15) is 5.75 Å². The van der Waals surface area contributed by atoms with Gasteiger partial charge in [0.25, 0.3) is 0 Å². The third-order valence-corrected chi connectivity index (χ3v) is 4.93. The molecule has 5 nitrogen and oxygen atoms in total. The van der Waals surface area contributed by atoms with Gasteiger partial charge in [-0.2, -0.15) is 0 Å². The highest BCUT2D eigenvalue weighted by Crippen LogP contribution is 2.15. The Balaban J connectivity index is 2.77. The molecule has 1 aromatic rings. The first-order valence-electron chi connectivity index (χ1n) is 5.60. The Bertz CT molecular complexity index is 469. The lowest BCUT2D eigenvalue weighted by Gasteiger charge is -2.20. The number of sulfonamides is 1. The molecule has 1 aromatic carbocycles. The molecule has 0 aliphatic rings. The highest BCUT2D eigenvalue weighted by Gasteiger charge is 2.25. The Morgan fingerprint density at radius 2 is 1.89 bits per heavy atom. The van der Waals surface area contributed by atoms with E-state index in [0.29, 0.717) is 0 Å². The van der Waals surface area contributed by atoms with Crippen LogP contribution in [0.5, 0.6) is 5.75 Å². The van der Waals surface area contributed by atoms with Gasteiger partial charge in [-0.25, -0.2) is 12.7 Å². The first-order valence-corrected chi connectivity index (χ1v) is 7.11. The van der Waals surface area contributed by atoms with Crippen LogP contribution in [0.4, 0.5) is 0 Å². The van der Waals surface area contributed by atoms with Gasteiger partial charge in [0.05, 0.1) is 19.0 Å². The summed E-state index contributed by atoms with van der Waals surface area (Å²) in [5.74, 6) is 0.730. The molecule has 0 amide bonds. The smallest absolute Gasteiger partial charge is 0.219 e. The van der Waals surface area contributed by atoms with Crippen LogP contribution in [0, 0.1) is 0 Å². The number of hydrogen-bond donors (Lipinski definition) is 1. The van der Waals surface area contributed by atoms with Crippen molar-refractivity contribution in [2.45, 2.75) is 18.7 Å². The molecule has 0 heterocycles. The molecule has 1 unspecified atom stereocenters. The molecule has 0 aliphatic heterocycles. The van der Waals surface area contributed by atoms with Crippen molar-refractivity contribution in [3.8, 4) is 5.75 Å². The fraction of sp³-hybridized carbons (Fsp3) is 0.500. The van der Waals surface area contributed by atoms with E-state index < -0.39 is 15.3 Å². The van der Waals surface area contributed by atoms with Crippen molar-refractivity contribution in [3.63, 3.8) is 0 Å². The van der Waals surface area contributed by atoms with Gasteiger partial charge < -0.3 is 9.84 Å². The minimum Gasteiger partial charge on any atom is -0.497 e. The Morgan fingerprint density at radius 3 is 2.33 bits per heavy atom. The molecule has 0 saturated carbocycles. The summed E-state index contributed by atoms with van der Waals surface area (Å²) >= 11 is 0. The Morgan fingerprint density at radius 1 is 1.33 bits per heavy atom. The average molecular weight is 273 g/mol. The second-order valence-electron chi connectivity index (χ2n) is 4.14. The molecule has 0 aromatic heterocycles. The zero-order valence-electron chi connectivity index (χ0n) is 10.8. The molecule has 0 fully saturated rings. The molecule has 0 aliphatic carbocycles. The fourth-order valence-corrected chi connectivity index (χ4v) is 2.61. The standard InChI is InChI=1S/C12H19NO4S/c1-10(9-14)18(15,16)13(2)8-11-4-6-12(17-3)7-5-11/h4-7,10,14H,8-9H2,1-3H3. The van der Waals surface area contributed by atoms with Gasteiger partial charge in [0.15, 0.2) is 0 Å². The van der Waals surface area contributed by atoms with Crippen molar-refractivity contribution in [2.24, 2.45) is 0 Å². The predicted molar refractivity (Wildman–Crippen MR) is 69.9 cm³/mol. The number of ether oxygens (including phenoxy) is 1. The van der Waals surface area contributed by atoms with Crippen molar-refractivity contribution >= 4 is 10.0 Å². The van der Waals surface area contributed by atoms with Crippen LogP contribution in [-0.2, 0) is 16.6 Å². The summed E-state index contributed by atoms with van der Waals surface area (Å²) in [6, 6.07) is 7.19. The van der Waals surface area contributed by atoms with E-state index in [-0.39, 0.29) is 13.2 Å². The molecule has 1 N–H and O–H groups in total. The second-order valence-corrected chi connectivity index (χ2v) is 6.60. The number of aliphatic hydroxyl groups is 1. The topological polar surface area (TPSA) is 66.8 Å². The molecular formula is C12H19NO4S. The fourth-order valence-electron chi connectivity index (χ4n) is 1.48. The summed E-state index contributed by atoms with van der Waals surface area (Å²) in [5, 5.41) is 8.14. The van der Waals surface area contributed by atoms with E-state index >= 15 is 0 Å². The van der Waals surface area contributed by atoms with Crippen LogP contribution in [0.2, 0.25) is 0 Å². The van der Waals surface area contributed by atoms with Crippen LogP contribution < -0.4 is 4.74 Å². The van der Waals surface area contributed by atoms with E-state index in [1.807, 2.05) is 12.1 Å². The van der Waals surface area contributed by atoms with E-state index in [2.05, 4.69) is 0 Å². The van der Waals surface area contributed by atoms with Crippen molar-refractivity contribution in [1.29, 1.82) is 0 Å². The molecule has 102 valence electrons. The normalized spacial score (nSPS) is 13.6. The Labute approximate surface area is 108 Å². The van der Waals surface area contributed by atoms with Gasteiger partial charge in [-0.3, -0.25) is 0 Å². The number of methoxy groups -OCH3 is 1. The van der Waals surface area contributed by atoms with E-state index in [1.165, 1.54) is 18.3 Å². The zero-order chi connectivity index (χ0) is 13.8. The number of hydrogen-bond acceptors (Lipinski definition) is 4.